The van der Waals surface area contributed by atoms with E-state index in [1.165, 1.54) is 16.6 Å². The quantitative estimate of drug-likeness (QED) is 0.552. The number of rotatable bonds is 1. The molecule has 0 aliphatic carbocycles. The van der Waals surface area contributed by atoms with Crippen LogP contribution in [0.5, 0.6) is 11.5 Å². The van der Waals surface area contributed by atoms with Gasteiger partial charge >= 0.3 is 0 Å². The summed E-state index contributed by atoms with van der Waals surface area (Å²) in [5, 5.41) is 1.31. The molecule has 0 bridgehead atoms. The zero-order valence-corrected chi connectivity index (χ0v) is 7.79. The van der Waals surface area contributed by atoms with Crippen LogP contribution in [0.3, 0.4) is 0 Å². The standard InChI is InChI=1S/C11H11NO/c1-3-7-11-10-8(12(7)2)5-4-6-9(10)13-11/h4-6H,3H2,1-2H3. The molecule has 1 aliphatic rings. The Morgan fingerprint density at radius 1 is 1.38 bits per heavy atom. The summed E-state index contributed by atoms with van der Waals surface area (Å²) in [6, 6.07) is 6.21. The maximum atomic E-state index is 5.60. The van der Waals surface area contributed by atoms with E-state index in [0.717, 1.165) is 17.9 Å². The van der Waals surface area contributed by atoms with E-state index in [1.54, 1.807) is 0 Å². The lowest BCUT2D eigenvalue weighted by atomic mass is 10.1. The Morgan fingerprint density at radius 3 is 2.92 bits per heavy atom. The van der Waals surface area contributed by atoms with Gasteiger partial charge in [0.05, 0.1) is 16.6 Å². The fourth-order valence-electron chi connectivity index (χ4n) is 2.13. The van der Waals surface area contributed by atoms with Crippen LogP contribution in [0.25, 0.3) is 10.9 Å². The molecule has 0 unspecified atom stereocenters. The van der Waals surface area contributed by atoms with Crippen LogP contribution >= 0.6 is 0 Å². The molecule has 66 valence electrons. The molecule has 0 N–H and O–H groups in total. The van der Waals surface area contributed by atoms with Crippen molar-refractivity contribution in [1.82, 2.24) is 4.57 Å². The lowest BCUT2D eigenvalue weighted by Crippen LogP contribution is -1.97. The molecule has 0 spiro atoms. The van der Waals surface area contributed by atoms with E-state index in [0.29, 0.717) is 0 Å². The lowest BCUT2D eigenvalue weighted by Gasteiger charge is -2.16. The van der Waals surface area contributed by atoms with Crippen LogP contribution in [0.4, 0.5) is 0 Å². The number of aryl methyl sites for hydroxylation is 1. The SMILES string of the molecule is CCc1c2c3c(cccc3n1C)O2. The molecule has 2 aromatic rings. The fourth-order valence-corrected chi connectivity index (χ4v) is 2.13. The monoisotopic (exact) mass is 173 g/mol. The molecule has 1 aliphatic heterocycles. The van der Waals surface area contributed by atoms with E-state index in [1.807, 2.05) is 12.1 Å². The van der Waals surface area contributed by atoms with Crippen molar-refractivity contribution in [2.75, 3.05) is 0 Å². The van der Waals surface area contributed by atoms with Gasteiger partial charge in [-0.25, -0.2) is 0 Å². The summed E-state index contributed by atoms with van der Waals surface area (Å²) in [5.41, 5.74) is 2.59. The highest BCUT2D eigenvalue weighted by Gasteiger charge is 2.26. The summed E-state index contributed by atoms with van der Waals surface area (Å²) in [6.07, 6.45) is 1.03. The fraction of sp³-hybridized carbons (Fsp3) is 0.273. The Hall–Kier alpha value is -1.44. The molecule has 1 aromatic heterocycles. The van der Waals surface area contributed by atoms with Gasteiger partial charge in [-0.1, -0.05) is 13.0 Å². The highest BCUT2D eigenvalue weighted by atomic mass is 16.5. The number of benzene rings is 1. The summed E-state index contributed by atoms with van der Waals surface area (Å²) < 4.78 is 7.82. The van der Waals surface area contributed by atoms with Crippen molar-refractivity contribution in [1.29, 1.82) is 0 Å². The van der Waals surface area contributed by atoms with E-state index < -0.39 is 0 Å². The number of nitrogens with zero attached hydrogens (tertiary/aromatic N) is 1. The third-order valence-electron chi connectivity index (χ3n) is 2.81. The minimum absolute atomic E-state index is 1.03. The predicted molar refractivity (Wildman–Crippen MR) is 52.4 cm³/mol. The van der Waals surface area contributed by atoms with E-state index in [2.05, 4.69) is 24.6 Å². The van der Waals surface area contributed by atoms with E-state index in [4.69, 9.17) is 4.74 Å². The topological polar surface area (TPSA) is 14.2 Å². The summed E-state index contributed by atoms with van der Waals surface area (Å²) in [7, 11) is 2.10. The van der Waals surface area contributed by atoms with Gasteiger partial charge < -0.3 is 9.30 Å². The van der Waals surface area contributed by atoms with Crippen LogP contribution < -0.4 is 4.74 Å². The van der Waals surface area contributed by atoms with Crippen LogP contribution in [-0.2, 0) is 13.5 Å². The lowest BCUT2D eigenvalue weighted by molar-refractivity contribution is 0.455. The van der Waals surface area contributed by atoms with E-state index in [-0.39, 0.29) is 0 Å². The molecule has 0 radical (unpaired) electrons. The number of aromatic nitrogens is 1. The summed E-state index contributed by atoms with van der Waals surface area (Å²) in [4.78, 5) is 0. The Bertz CT molecular complexity index is 483. The van der Waals surface area contributed by atoms with Crippen molar-refractivity contribution in [3.63, 3.8) is 0 Å². The summed E-state index contributed by atoms with van der Waals surface area (Å²) in [6.45, 7) is 2.16. The van der Waals surface area contributed by atoms with Crippen molar-refractivity contribution in [3.05, 3.63) is 23.9 Å². The molecule has 0 fully saturated rings. The third-order valence-corrected chi connectivity index (χ3v) is 2.81. The van der Waals surface area contributed by atoms with Crippen LogP contribution in [-0.4, -0.2) is 4.57 Å². The first-order chi connectivity index (χ1) is 6.33. The molecule has 0 saturated heterocycles. The molecular formula is C11H11NO. The minimum Gasteiger partial charge on any atom is -0.454 e. The van der Waals surface area contributed by atoms with Gasteiger partial charge in [0, 0.05) is 7.05 Å². The van der Waals surface area contributed by atoms with Gasteiger partial charge in [-0.3, -0.25) is 0 Å². The average molecular weight is 173 g/mol. The molecule has 2 heterocycles. The summed E-state index contributed by atoms with van der Waals surface area (Å²) >= 11 is 0. The number of ether oxygens (including phenoxy) is 1. The zero-order chi connectivity index (χ0) is 9.00. The maximum Gasteiger partial charge on any atom is 0.159 e. The van der Waals surface area contributed by atoms with Crippen LogP contribution in [0.1, 0.15) is 12.6 Å². The van der Waals surface area contributed by atoms with E-state index in [9.17, 15) is 0 Å². The van der Waals surface area contributed by atoms with Gasteiger partial charge in [-0.05, 0) is 18.6 Å². The molecule has 0 saturated carbocycles. The molecule has 0 atom stereocenters. The first-order valence-corrected chi connectivity index (χ1v) is 4.61. The van der Waals surface area contributed by atoms with E-state index >= 15 is 0 Å². The van der Waals surface area contributed by atoms with Crippen molar-refractivity contribution in [2.45, 2.75) is 13.3 Å². The Balaban J connectivity index is 2.50. The van der Waals surface area contributed by atoms with Gasteiger partial charge in [0.2, 0.25) is 0 Å². The highest BCUT2D eigenvalue weighted by Crippen LogP contribution is 2.49. The smallest absolute Gasteiger partial charge is 0.159 e. The normalized spacial score (nSPS) is 12.8. The second kappa shape index (κ2) is 2.08. The Kier molecular flexibility index (Phi) is 1.12. The largest absolute Gasteiger partial charge is 0.454 e. The van der Waals surface area contributed by atoms with Crippen molar-refractivity contribution in [3.8, 4) is 11.5 Å². The molecular weight excluding hydrogens is 162 g/mol. The van der Waals surface area contributed by atoms with Crippen molar-refractivity contribution in [2.24, 2.45) is 7.05 Å². The second-order valence-electron chi connectivity index (χ2n) is 3.44. The first-order valence-electron chi connectivity index (χ1n) is 4.61. The van der Waals surface area contributed by atoms with Crippen LogP contribution in [0.15, 0.2) is 18.2 Å². The molecule has 13 heavy (non-hydrogen) atoms. The molecule has 1 aromatic carbocycles. The van der Waals surface area contributed by atoms with Crippen molar-refractivity contribution < 1.29 is 4.74 Å². The van der Waals surface area contributed by atoms with Gasteiger partial charge in [0.15, 0.2) is 5.75 Å². The maximum absolute atomic E-state index is 5.60. The van der Waals surface area contributed by atoms with Crippen LogP contribution in [0.2, 0.25) is 0 Å². The molecule has 2 heteroatoms. The number of hydrogen-bond acceptors (Lipinski definition) is 1. The predicted octanol–water partition coefficient (Wildman–Crippen LogP) is 2.85. The second-order valence-corrected chi connectivity index (χ2v) is 3.44. The van der Waals surface area contributed by atoms with Gasteiger partial charge in [-0.2, -0.15) is 0 Å². The summed E-state index contributed by atoms with van der Waals surface area (Å²) in [5.74, 6) is 2.12. The van der Waals surface area contributed by atoms with Crippen molar-refractivity contribution >= 4 is 10.9 Å². The number of hydrogen-bond donors (Lipinski definition) is 0. The van der Waals surface area contributed by atoms with Gasteiger partial charge in [0.25, 0.3) is 0 Å². The minimum atomic E-state index is 1.03. The Labute approximate surface area is 76.7 Å². The van der Waals surface area contributed by atoms with Crippen LogP contribution in [0, 0.1) is 0 Å². The van der Waals surface area contributed by atoms with Gasteiger partial charge in [0.1, 0.15) is 5.75 Å². The molecule has 3 rings (SSSR count). The molecule has 0 amide bonds. The van der Waals surface area contributed by atoms with Gasteiger partial charge in [-0.15, -0.1) is 0 Å². The molecule has 2 nitrogen and oxygen atoms in total. The zero-order valence-electron chi connectivity index (χ0n) is 7.79. The highest BCUT2D eigenvalue weighted by molar-refractivity contribution is 5.99. The first kappa shape index (κ1) is 7.01. The average Bonchev–Trinajstić information content (AvgIpc) is 2.36. The third kappa shape index (κ3) is 0.648. The Morgan fingerprint density at radius 2 is 2.23 bits per heavy atom.